The number of hydrogen-bond acceptors (Lipinski definition) is 5. The highest BCUT2D eigenvalue weighted by atomic mass is 32.2. The molecule has 1 atom stereocenters. The van der Waals surface area contributed by atoms with Gasteiger partial charge in [-0.05, 0) is 68.5 Å². The van der Waals surface area contributed by atoms with E-state index in [-0.39, 0.29) is 16.6 Å². The van der Waals surface area contributed by atoms with Crippen LogP contribution in [0.1, 0.15) is 42.5 Å². The van der Waals surface area contributed by atoms with Crippen LogP contribution in [0.2, 0.25) is 0 Å². The molecule has 27 heavy (non-hydrogen) atoms. The zero-order valence-corrected chi connectivity index (χ0v) is 16.2. The summed E-state index contributed by atoms with van der Waals surface area (Å²) in [5.74, 6) is 0. The third-order valence-electron chi connectivity index (χ3n) is 4.99. The zero-order valence-electron chi connectivity index (χ0n) is 15.4. The molecule has 0 aliphatic heterocycles. The molecular formula is C19H23N3O4S. The normalized spacial score (nSPS) is 15.0. The summed E-state index contributed by atoms with van der Waals surface area (Å²) < 4.78 is 26.0. The molecule has 1 aliphatic rings. The maximum absolute atomic E-state index is 11.9. The molecular weight excluding hydrogens is 366 g/mol. The second-order valence-electron chi connectivity index (χ2n) is 6.74. The Hall–Kier alpha value is -2.45. The molecule has 8 heteroatoms. The molecule has 0 fully saturated rings. The first-order chi connectivity index (χ1) is 12.8. The van der Waals surface area contributed by atoms with E-state index in [9.17, 15) is 18.5 Å². The number of nitrogens with one attached hydrogen (secondary N) is 2. The standard InChI is InChI=1S/C19H23N3O4S/c1-13(15-8-7-14-5-3-4-6-16(14)11-15)21-18-10-9-17(27(25,26)20-2)12-19(18)22(23)24/h7-13,20-21H,3-6H2,1-2H3/t13-/m1/s1. The van der Waals surface area contributed by atoms with Crippen molar-refractivity contribution >= 4 is 21.4 Å². The van der Waals surface area contributed by atoms with E-state index in [2.05, 4.69) is 22.2 Å². The predicted molar refractivity (Wildman–Crippen MR) is 104 cm³/mol. The van der Waals surface area contributed by atoms with Gasteiger partial charge >= 0.3 is 0 Å². The van der Waals surface area contributed by atoms with Crippen molar-refractivity contribution in [2.45, 2.75) is 43.5 Å². The lowest BCUT2D eigenvalue weighted by Crippen LogP contribution is -2.19. The van der Waals surface area contributed by atoms with Crippen LogP contribution in [0.25, 0.3) is 0 Å². The highest BCUT2D eigenvalue weighted by molar-refractivity contribution is 7.89. The largest absolute Gasteiger partial charge is 0.373 e. The SMILES string of the molecule is CNS(=O)(=O)c1ccc(N[C@H](C)c2ccc3c(c2)CCCC3)c([N+](=O)[O-])c1. The summed E-state index contributed by atoms with van der Waals surface area (Å²) in [5.41, 5.74) is 3.80. The number of nitrogens with zero attached hydrogens (tertiary/aromatic N) is 1. The second-order valence-corrected chi connectivity index (χ2v) is 8.63. The summed E-state index contributed by atoms with van der Waals surface area (Å²) >= 11 is 0. The highest BCUT2D eigenvalue weighted by Crippen LogP contribution is 2.32. The van der Waals surface area contributed by atoms with E-state index < -0.39 is 14.9 Å². The molecule has 2 aromatic rings. The van der Waals surface area contributed by atoms with Gasteiger partial charge < -0.3 is 5.32 Å². The van der Waals surface area contributed by atoms with Crippen LogP contribution in [0.5, 0.6) is 0 Å². The fourth-order valence-electron chi connectivity index (χ4n) is 3.41. The van der Waals surface area contributed by atoms with Crippen molar-refractivity contribution in [2.75, 3.05) is 12.4 Å². The van der Waals surface area contributed by atoms with Gasteiger partial charge in [-0.25, -0.2) is 13.1 Å². The van der Waals surface area contributed by atoms with Gasteiger partial charge in [0.2, 0.25) is 10.0 Å². The minimum atomic E-state index is -3.74. The summed E-state index contributed by atoms with van der Waals surface area (Å²) in [7, 11) is -2.47. The Morgan fingerprint density at radius 1 is 1.07 bits per heavy atom. The summed E-state index contributed by atoms with van der Waals surface area (Å²) in [6.45, 7) is 1.94. The number of anilines is 1. The van der Waals surface area contributed by atoms with E-state index in [0.29, 0.717) is 5.69 Å². The lowest BCUT2D eigenvalue weighted by atomic mass is 9.89. The molecule has 0 aromatic heterocycles. The van der Waals surface area contributed by atoms with Gasteiger partial charge in [-0.15, -0.1) is 0 Å². The molecule has 0 saturated heterocycles. The monoisotopic (exact) mass is 389 g/mol. The van der Waals surface area contributed by atoms with Crippen LogP contribution < -0.4 is 10.0 Å². The molecule has 3 rings (SSSR count). The molecule has 0 amide bonds. The number of nitro groups is 1. The average molecular weight is 389 g/mol. The van der Waals surface area contributed by atoms with Crippen molar-refractivity contribution < 1.29 is 13.3 Å². The fourth-order valence-corrected chi connectivity index (χ4v) is 4.16. The molecule has 0 saturated carbocycles. The zero-order chi connectivity index (χ0) is 19.6. The Morgan fingerprint density at radius 3 is 2.44 bits per heavy atom. The molecule has 0 spiro atoms. The number of benzene rings is 2. The summed E-state index contributed by atoms with van der Waals surface area (Å²) in [6, 6.07) is 10.1. The lowest BCUT2D eigenvalue weighted by Gasteiger charge is -2.20. The number of nitro benzene ring substituents is 1. The van der Waals surface area contributed by atoms with Crippen molar-refractivity contribution in [3.8, 4) is 0 Å². The Morgan fingerprint density at radius 2 is 1.78 bits per heavy atom. The Kier molecular flexibility index (Phi) is 5.48. The minimum absolute atomic E-state index is 0.135. The molecule has 0 unspecified atom stereocenters. The van der Waals surface area contributed by atoms with E-state index >= 15 is 0 Å². The van der Waals surface area contributed by atoms with Crippen molar-refractivity contribution in [1.82, 2.24) is 4.72 Å². The van der Waals surface area contributed by atoms with Crippen LogP contribution in [-0.4, -0.2) is 20.4 Å². The Bertz CT molecular complexity index is 973. The third kappa shape index (κ3) is 4.12. The fraction of sp³-hybridized carbons (Fsp3) is 0.368. The van der Waals surface area contributed by atoms with E-state index in [1.165, 1.54) is 43.1 Å². The highest BCUT2D eigenvalue weighted by Gasteiger charge is 2.22. The van der Waals surface area contributed by atoms with Gasteiger partial charge in [0.15, 0.2) is 0 Å². The van der Waals surface area contributed by atoms with E-state index in [1.54, 1.807) is 0 Å². The molecule has 2 N–H and O–H groups in total. The maximum atomic E-state index is 11.9. The predicted octanol–water partition coefficient (Wildman–Crippen LogP) is 3.55. The first-order valence-electron chi connectivity index (χ1n) is 8.92. The van der Waals surface area contributed by atoms with Gasteiger partial charge in [0.05, 0.1) is 9.82 Å². The first kappa shape index (κ1) is 19.3. The summed E-state index contributed by atoms with van der Waals surface area (Å²) in [4.78, 5) is 10.7. The number of fused-ring (bicyclic) bond motifs is 1. The quantitative estimate of drug-likeness (QED) is 0.581. The topological polar surface area (TPSA) is 101 Å². The number of sulfonamides is 1. The first-order valence-corrected chi connectivity index (χ1v) is 10.4. The molecule has 7 nitrogen and oxygen atoms in total. The molecule has 0 heterocycles. The van der Waals surface area contributed by atoms with E-state index in [4.69, 9.17) is 0 Å². The van der Waals surface area contributed by atoms with Crippen LogP contribution in [0, 0.1) is 10.1 Å². The van der Waals surface area contributed by atoms with Gasteiger partial charge in [-0.2, -0.15) is 0 Å². The molecule has 0 radical (unpaired) electrons. The van der Waals surface area contributed by atoms with Crippen LogP contribution in [-0.2, 0) is 22.9 Å². The Balaban J connectivity index is 1.89. The van der Waals surface area contributed by atoms with Crippen molar-refractivity contribution in [2.24, 2.45) is 0 Å². The average Bonchev–Trinajstić information content (AvgIpc) is 2.67. The van der Waals surface area contributed by atoms with Crippen LogP contribution in [0.15, 0.2) is 41.3 Å². The molecule has 1 aliphatic carbocycles. The van der Waals surface area contributed by atoms with Crippen LogP contribution >= 0.6 is 0 Å². The lowest BCUT2D eigenvalue weighted by molar-refractivity contribution is -0.384. The molecule has 144 valence electrons. The van der Waals surface area contributed by atoms with Gasteiger partial charge in [-0.1, -0.05) is 18.2 Å². The second kappa shape index (κ2) is 7.66. The summed E-state index contributed by atoms with van der Waals surface area (Å²) in [6.07, 6.45) is 4.57. The number of hydrogen-bond donors (Lipinski definition) is 2. The van der Waals surface area contributed by atoms with E-state index in [1.807, 2.05) is 13.0 Å². The third-order valence-corrected chi connectivity index (χ3v) is 6.40. The molecule has 2 aromatic carbocycles. The van der Waals surface area contributed by atoms with Crippen LogP contribution in [0.3, 0.4) is 0 Å². The Labute approximate surface area is 159 Å². The number of rotatable bonds is 6. The summed E-state index contributed by atoms with van der Waals surface area (Å²) in [5, 5.41) is 14.6. The smallest absolute Gasteiger partial charge is 0.293 e. The molecule has 0 bridgehead atoms. The van der Waals surface area contributed by atoms with Gasteiger partial charge in [0, 0.05) is 12.1 Å². The van der Waals surface area contributed by atoms with Crippen LogP contribution in [0.4, 0.5) is 11.4 Å². The van der Waals surface area contributed by atoms with Crippen molar-refractivity contribution in [3.05, 3.63) is 63.2 Å². The minimum Gasteiger partial charge on any atom is -0.373 e. The maximum Gasteiger partial charge on any atom is 0.293 e. The van der Waals surface area contributed by atoms with E-state index in [0.717, 1.165) is 24.5 Å². The van der Waals surface area contributed by atoms with Gasteiger partial charge in [-0.3, -0.25) is 10.1 Å². The van der Waals surface area contributed by atoms with Crippen molar-refractivity contribution in [1.29, 1.82) is 0 Å². The van der Waals surface area contributed by atoms with Gasteiger partial charge in [0.1, 0.15) is 5.69 Å². The number of aryl methyl sites for hydroxylation is 2. The van der Waals surface area contributed by atoms with Crippen molar-refractivity contribution in [3.63, 3.8) is 0 Å². The van der Waals surface area contributed by atoms with Gasteiger partial charge in [0.25, 0.3) is 5.69 Å².